The maximum absolute atomic E-state index is 12.8. The van der Waals surface area contributed by atoms with Gasteiger partial charge in [-0.15, -0.1) is 6.58 Å². The van der Waals surface area contributed by atoms with Gasteiger partial charge in [0.05, 0.1) is 11.6 Å². The van der Waals surface area contributed by atoms with Crippen LogP contribution in [0.15, 0.2) is 29.7 Å². The van der Waals surface area contributed by atoms with Gasteiger partial charge in [-0.25, -0.2) is 8.42 Å². The van der Waals surface area contributed by atoms with E-state index < -0.39 is 15.6 Å². The van der Waals surface area contributed by atoms with E-state index in [0.717, 1.165) is 0 Å². The van der Waals surface area contributed by atoms with E-state index in [0.29, 0.717) is 5.56 Å². The summed E-state index contributed by atoms with van der Waals surface area (Å²) < 4.78 is 27.0. The van der Waals surface area contributed by atoms with E-state index in [4.69, 9.17) is 23.2 Å². The van der Waals surface area contributed by atoms with Crippen molar-refractivity contribution in [2.45, 2.75) is 37.8 Å². The van der Waals surface area contributed by atoms with E-state index in [9.17, 15) is 13.5 Å². The van der Waals surface area contributed by atoms with E-state index in [1.807, 2.05) is 0 Å². The fourth-order valence-electron chi connectivity index (χ4n) is 1.86. The SMILES string of the molecule is C=CCN(C(C)(C)C)S(=O)(=O)c1cc(CO)c(Cl)cc1Cl. The Morgan fingerprint density at radius 3 is 2.29 bits per heavy atom. The zero-order valence-electron chi connectivity index (χ0n) is 12.2. The smallest absolute Gasteiger partial charge is 0.245 e. The lowest BCUT2D eigenvalue weighted by atomic mass is 10.1. The van der Waals surface area contributed by atoms with Crippen LogP contribution in [0.25, 0.3) is 0 Å². The second-order valence-electron chi connectivity index (χ2n) is 5.53. The quantitative estimate of drug-likeness (QED) is 0.826. The van der Waals surface area contributed by atoms with Gasteiger partial charge in [0.1, 0.15) is 4.90 Å². The largest absolute Gasteiger partial charge is 0.392 e. The molecule has 0 aliphatic heterocycles. The summed E-state index contributed by atoms with van der Waals surface area (Å²) in [5, 5.41) is 9.50. The molecule has 0 saturated carbocycles. The Morgan fingerprint density at radius 2 is 1.86 bits per heavy atom. The van der Waals surface area contributed by atoms with Crippen molar-refractivity contribution < 1.29 is 13.5 Å². The molecule has 0 amide bonds. The monoisotopic (exact) mass is 351 g/mol. The molecule has 0 aromatic heterocycles. The van der Waals surface area contributed by atoms with Crippen LogP contribution in [0.4, 0.5) is 0 Å². The molecule has 7 heteroatoms. The van der Waals surface area contributed by atoms with E-state index >= 15 is 0 Å². The second kappa shape index (κ2) is 6.67. The van der Waals surface area contributed by atoms with Crippen molar-refractivity contribution in [2.24, 2.45) is 0 Å². The van der Waals surface area contributed by atoms with Gasteiger partial charge in [-0.05, 0) is 38.5 Å². The Balaban J connectivity index is 3.52. The van der Waals surface area contributed by atoms with E-state index in [1.54, 1.807) is 20.8 Å². The fourth-order valence-corrected chi connectivity index (χ4v) is 4.45. The molecule has 0 unspecified atom stereocenters. The first-order chi connectivity index (χ1) is 9.55. The summed E-state index contributed by atoms with van der Waals surface area (Å²) in [4.78, 5) is -0.0746. The third-order valence-corrected chi connectivity index (χ3v) is 5.83. The zero-order valence-corrected chi connectivity index (χ0v) is 14.6. The summed E-state index contributed by atoms with van der Waals surface area (Å²) in [6.45, 7) is 8.73. The van der Waals surface area contributed by atoms with Gasteiger partial charge in [-0.2, -0.15) is 4.31 Å². The van der Waals surface area contributed by atoms with Gasteiger partial charge in [0.25, 0.3) is 0 Å². The van der Waals surface area contributed by atoms with Crippen LogP contribution < -0.4 is 0 Å². The number of nitrogens with zero attached hydrogens (tertiary/aromatic N) is 1. The van der Waals surface area contributed by atoms with Crippen molar-refractivity contribution in [2.75, 3.05) is 6.54 Å². The molecular weight excluding hydrogens is 333 g/mol. The Hall–Kier alpha value is -0.590. The van der Waals surface area contributed by atoms with Crippen molar-refractivity contribution in [3.8, 4) is 0 Å². The molecule has 0 radical (unpaired) electrons. The van der Waals surface area contributed by atoms with Crippen LogP contribution in [0, 0.1) is 0 Å². The number of hydrogen-bond acceptors (Lipinski definition) is 3. The first kappa shape index (κ1) is 18.5. The van der Waals surface area contributed by atoms with Crippen molar-refractivity contribution in [1.82, 2.24) is 4.31 Å². The highest BCUT2D eigenvalue weighted by Gasteiger charge is 2.34. The lowest BCUT2D eigenvalue weighted by molar-refractivity contribution is 0.269. The number of sulfonamides is 1. The van der Waals surface area contributed by atoms with Crippen LogP contribution in [0.1, 0.15) is 26.3 Å². The van der Waals surface area contributed by atoms with Crippen LogP contribution in [-0.2, 0) is 16.6 Å². The molecule has 118 valence electrons. The van der Waals surface area contributed by atoms with Gasteiger partial charge < -0.3 is 5.11 Å². The van der Waals surface area contributed by atoms with Crippen molar-refractivity contribution in [1.29, 1.82) is 0 Å². The minimum Gasteiger partial charge on any atom is -0.392 e. The van der Waals surface area contributed by atoms with Gasteiger partial charge in [0, 0.05) is 17.1 Å². The van der Waals surface area contributed by atoms with Crippen LogP contribution >= 0.6 is 23.2 Å². The molecule has 21 heavy (non-hydrogen) atoms. The Kier molecular flexibility index (Phi) is 5.86. The predicted molar refractivity (Wildman–Crippen MR) is 86.2 cm³/mol. The minimum absolute atomic E-state index is 0.0236. The van der Waals surface area contributed by atoms with Crippen LogP contribution in [0.3, 0.4) is 0 Å². The molecule has 1 rings (SSSR count). The number of rotatable bonds is 5. The summed E-state index contributed by atoms with van der Waals surface area (Å²) >= 11 is 12.0. The molecule has 1 aromatic rings. The first-order valence-corrected chi connectivity index (χ1v) is 8.47. The van der Waals surface area contributed by atoms with Gasteiger partial charge >= 0.3 is 0 Å². The van der Waals surface area contributed by atoms with Gasteiger partial charge in [0.15, 0.2) is 0 Å². The number of hydrogen-bond donors (Lipinski definition) is 1. The minimum atomic E-state index is -3.84. The molecule has 0 heterocycles. The Bertz CT molecular complexity index is 636. The number of aliphatic hydroxyl groups excluding tert-OH is 1. The van der Waals surface area contributed by atoms with Gasteiger partial charge in [-0.3, -0.25) is 0 Å². The Morgan fingerprint density at radius 1 is 1.29 bits per heavy atom. The van der Waals surface area contributed by atoms with Crippen molar-refractivity contribution >= 4 is 33.2 Å². The summed E-state index contributed by atoms with van der Waals surface area (Å²) in [7, 11) is -3.84. The lowest BCUT2D eigenvalue weighted by Crippen LogP contribution is -2.45. The average Bonchev–Trinajstić information content (AvgIpc) is 2.34. The van der Waals surface area contributed by atoms with Crippen LogP contribution in [0.5, 0.6) is 0 Å². The van der Waals surface area contributed by atoms with E-state index in [2.05, 4.69) is 6.58 Å². The normalized spacial score (nSPS) is 12.7. The maximum Gasteiger partial charge on any atom is 0.245 e. The highest BCUT2D eigenvalue weighted by Crippen LogP contribution is 2.33. The first-order valence-electron chi connectivity index (χ1n) is 6.28. The molecule has 0 aliphatic carbocycles. The molecule has 0 atom stereocenters. The molecule has 0 saturated heterocycles. The van der Waals surface area contributed by atoms with Crippen LogP contribution in [-0.4, -0.2) is 29.9 Å². The lowest BCUT2D eigenvalue weighted by Gasteiger charge is -2.34. The predicted octanol–water partition coefficient (Wildman–Crippen LogP) is 3.46. The second-order valence-corrected chi connectivity index (χ2v) is 8.17. The summed E-state index contributed by atoms with van der Waals surface area (Å²) in [6.07, 6.45) is 1.51. The average molecular weight is 352 g/mol. The third kappa shape index (κ3) is 3.99. The molecule has 0 bridgehead atoms. The molecule has 1 aromatic carbocycles. The molecule has 0 aliphatic rings. The summed E-state index contributed by atoms with van der Waals surface area (Å²) in [5.74, 6) is 0. The maximum atomic E-state index is 12.8. The molecule has 0 fully saturated rings. The summed E-state index contributed by atoms with van der Waals surface area (Å²) in [6, 6.07) is 2.64. The number of aliphatic hydroxyl groups is 1. The summed E-state index contributed by atoms with van der Waals surface area (Å²) in [5.41, 5.74) is -0.331. The van der Waals surface area contributed by atoms with Crippen molar-refractivity contribution in [3.05, 3.63) is 40.4 Å². The van der Waals surface area contributed by atoms with Gasteiger partial charge in [-0.1, -0.05) is 29.3 Å². The standard InChI is InChI=1S/C14H19Cl2NO3S/c1-5-6-17(14(2,3)4)21(19,20)13-7-10(9-18)11(15)8-12(13)16/h5,7-8,18H,1,6,9H2,2-4H3. The topological polar surface area (TPSA) is 57.6 Å². The zero-order chi connectivity index (χ0) is 16.4. The van der Waals surface area contributed by atoms with Crippen LogP contribution in [0.2, 0.25) is 10.0 Å². The number of halogens is 2. The third-order valence-electron chi connectivity index (χ3n) is 2.88. The molecular formula is C14H19Cl2NO3S. The van der Waals surface area contributed by atoms with E-state index in [-0.39, 0.29) is 28.1 Å². The Labute approximate surface area is 136 Å². The highest BCUT2D eigenvalue weighted by atomic mass is 35.5. The molecule has 1 N–H and O–H groups in total. The van der Waals surface area contributed by atoms with Gasteiger partial charge in [0.2, 0.25) is 10.0 Å². The van der Waals surface area contributed by atoms with Crippen molar-refractivity contribution in [3.63, 3.8) is 0 Å². The molecule has 4 nitrogen and oxygen atoms in total. The molecule has 0 spiro atoms. The van der Waals surface area contributed by atoms with E-state index in [1.165, 1.54) is 22.5 Å². The number of benzene rings is 1. The fraction of sp³-hybridized carbons (Fsp3) is 0.429. The highest BCUT2D eigenvalue weighted by molar-refractivity contribution is 7.89.